The zero-order chi connectivity index (χ0) is 10.8. The minimum Gasteiger partial charge on any atom is -0.396 e. The van der Waals surface area contributed by atoms with Gasteiger partial charge in [0.25, 0.3) is 0 Å². The van der Waals surface area contributed by atoms with Crippen LogP contribution in [0.5, 0.6) is 0 Å². The molecule has 0 aliphatic heterocycles. The third-order valence-corrected chi connectivity index (χ3v) is 2.01. The fourth-order valence-electron chi connectivity index (χ4n) is 1.03. The van der Waals surface area contributed by atoms with Gasteiger partial charge in [0.2, 0.25) is 5.91 Å². The number of aliphatic hydroxyl groups is 1. The van der Waals surface area contributed by atoms with E-state index in [0.717, 1.165) is 19.4 Å². The van der Waals surface area contributed by atoms with Crippen LogP contribution in [0.25, 0.3) is 0 Å². The van der Waals surface area contributed by atoms with Crippen molar-refractivity contribution in [1.29, 1.82) is 0 Å². The van der Waals surface area contributed by atoms with Crippen LogP contribution in [0.1, 0.15) is 33.1 Å². The highest BCUT2D eigenvalue weighted by atomic mass is 16.3. The molecule has 0 bridgehead atoms. The lowest BCUT2D eigenvalue weighted by Gasteiger charge is -2.13. The number of aliphatic hydroxyl groups excluding tert-OH is 1. The fourth-order valence-corrected chi connectivity index (χ4v) is 1.03. The summed E-state index contributed by atoms with van der Waals surface area (Å²) in [5, 5.41) is 14.4. The number of unbranched alkanes of at least 4 members (excludes halogenated alkanes) is 1. The quantitative estimate of drug-likeness (QED) is 0.495. The number of carbonyl (C=O) groups excluding carboxylic acids is 1. The zero-order valence-corrected chi connectivity index (χ0v) is 9.18. The van der Waals surface area contributed by atoms with Gasteiger partial charge in [-0.15, -0.1) is 0 Å². The number of carbonyl (C=O) groups is 1. The summed E-state index contributed by atoms with van der Waals surface area (Å²) >= 11 is 0. The maximum absolute atomic E-state index is 11.4. The minimum absolute atomic E-state index is 0.0383. The molecule has 0 saturated carbocycles. The standard InChI is InChI=1S/C10H22N2O2/c1-3-4-6-12-10(14)9(2)11-7-5-8-13/h9,11,13H,3-8H2,1-2H3,(H,12,14). The lowest BCUT2D eigenvalue weighted by Crippen LogP contribution is -2.42. The molecule has 84 valence electrons. The van der Waals surface area contributed by atoms with Crippen molar-refractivity contribution in [3.63, 3.8) is 0 Å². The minimum atomic E-state index is -0.168. The number of hydrogen-bond acceptors (Lipinski definition) is 3. The largest absolute Gasteiger partial charge is 0.396 e. The third kappa shape index (κ3) is 6.86. The zero-order valence-electron chi connectivity index (χ0n) is 9.18. The lowest BCUT2D eigenvalue weighted by molar-refractivity contribution is -0.122. The average molecular weight is 202 g/mol. The normalized spacial score (nSPS) is 12.5. The molecule has 0 aliphatic carbocycles. The highest BCUT2D eigenvalue weighted by molar-refractivity contribution is 5.81. The van der Waals surface area contributed by atoms with E-state index in [1.165, 1.54) is 0 Å². The van der Waals surface area contributed by atoms with Crippen molar-refractivity contribution in [2.45, 2.75) is 39.2 Å². The van der Waals surface area contributed by atoms with Crippen LogP contribution >= 0.6 is 0 Å². The monoisotopic (exact) mass is 202 g/mol. The molecule has 3 N–H and O–H groups in total. The van der Waals surface area contributed by atoms with Crippen molar-refractivity contribution in [3.05, 3.63) is 0 Å². The maximum Gasteiger partial charge on any atom is 0.236 e. The molecule has 1 amide bonds. The SMILES string of the molecule is CCCCNC(=O)C(C)NCCCO. The molecule has 0 radical (unpaired) electrons. The van der Waals surface area contributed by atoms with E-state index in [1.807, 2.05) is 6.92 Å². The van der Waals surface area contributed by atoms with Crippen molar-refractivity contribution in [1.82, 2.24) is 10.6 Å². The molecule has 1 unspecified atom stereocenters. The van der Waals surface area contributed by atoms with Crippen molar-refractivity contribution >= 4 is 5.91 Å². The molecule has 14 heavy (non-hydrogen) atoms. The van der Waals surface area contributed by atoms with Gasteiger partial charge in [0.05, 0.1) is 6.04 Å². The van der Waals surface area contributed by atoms with Crippen molar-refractivity contribution < 1.29 is 9.90 Å². The lowest BCUT2D eigenvalue weighted by atomic mass is 10.3. The van der Waals surface area contributed by atoms with Gasteiger partial charge in [-0.05, 0) is 26.3 Å². The molecule has 0 saturated heterocycles. The van der Waals surface area contributed by atoms with Gasteiger partial charge in [0, 0.05) is 13.2 Å². The molecule has 0 aromatic carbocycles. The third-order valence-electron chi connectivity index (χ3n) is 2.01. The molecule has 0 heterocycles. The van der Waals surface area contributed by atoms with E-state index >= 15 is 0 Å². The van der Waals surface area contributed by atoms with Gasteiger partial charge in [-0.25, -0.2) is 0 Å². The summed E-state index contributed by atoms with van der Waals surface area (Å²) in [6.07, 6.45) is 2.80. The van der Waals surface area contributed by atoms with Gasteiger partial charge < -0.3 is 15.7 Å². The molecule has 0 aromatic rings. The molecule has 4 heteroatoms. The van der Waals surface area contributed by atoms with Crippen LogP contribution in [-0.2, 0) is 4.79 Å². The van der Waals surface area contributed by atoms with E-state index < -0.39 is 0 Å². The first-order valence-electron chi connectivity index (χ1n) is 5.34. The number of rotatable bonds is 8. The van der Waals surface area contributed by atoms with Crippen LogP contribution < -0.4 is 10.6 Å². The van der Waals surface area contributed by atoms with E-state index in [-0.39, 0.29) is 18.6 Å². The van der Waals surface area contributed by atoms with Gasteiger partial charge in [0.15, 0.2) is 0 Å². The highest BCUT2D eigenvalue weighted by Crippen LogP contribution is 1.86. The second kappa shape index (κ2) is 8.97. The predicted octanol–water partition coefficient (Wildman–Crippen LogP) is 0.263. The molecular formula is C10H22N2O2. The Balaban J connectivity index is 3.44. The molecule has 0 aliphatic rings. The summed E-state index contributed by atoms with van der Waals surface area (Å²) in [6.45, 7) is 5.52. The summed E-state index contributed by atoms with van der Waals surface area (Å²) in [6, 6.07) is -0.168. The first kappa shape index (κ1) is 13.4. The number of hydrogen-bond donors (Lipinski definition) is 3. The first-order valence-corrected chi connectivity index (χ1v) is 5.34. The fraction of sp³-hybridized carbons (Fsp3) is 0.900. The van der Waals surface area contributed by atoms with Crippen LogP contribution in [0, 0.1) is 0 Å². The molecule has 0 spiro atoms. The average Bonchev–Trinajstić information content (AvgIpc) is 2.18. The molecule has 0 aromatic heterocycles. The van der Waals surface area contributed by atoms with Gasteiger partial charge in [-0.2, -0.15) is 0 Å². The van der Waals surface area contributed by atoms with Crippen molar-refractivity contribution in [3.8, 4) is 0 Å². The summed E-state index contributed by atoms with van der Waals surface area (Å²) in [7, 11) is 0. The second-order valence-electron chi connectivity index (χ2n) is 3.40. The first-order chi connectivity index (χ1) is 6.72. The molecule has 4 nitrogen and oxygen atoms in total. The van der Waals surface area contributed by atoms with E-state index in [9.17, 15) is 4.79 Å². The van der Waals surface area contributed by atoms with Crippen LogP contribution in [0.3, 0.4) is 0 Å². The van der Waals surface area contributed by atoms with Crippen molar-refractivity contribution in [2.24, 2.45) is 0 Å². The van der Waals surface area contributed by atoms with E-state index in [2.05, 4.69) is 17.6 Å². The summed E-state index contributed by atoms with van der Waals surface area (Å²) in [4.78, 5) is 11.4. The van der Waals surface area contributed by atoms with Crippen LogP contribution in [-0.4, -0.2) is 36.8 Å². The Morgan fingerprint density at radius 2 is 2.07 bits per heavy atom. The maximum atomic E-state index is 11.4. The summed E-state index contributed by atoms with van der Waals surface area (Å²) in [5.41, 5.74) is 0. The Labute approximate surface area is 86.1 Å². The topological polar surface area (TPSA) is 61.4 Å². The summed E-state index contributed by atoms with van der Waals surface area (Å²) in [5.74, 6) is 0.0383. The van der Waals surface area contributed by atoms with E-state index in [0.29, 0.717) is 13.0 Å². The van der Waals surface area contributed by atoms with Crippen LogP contribution in [0.4, 0.5) is 0 Å². The number of amides is 1. The van der Waals surface area contributed by atoms with Crippen LogP contribution in [0.2, 0.25) is 0 Å². The second-order valence-corrected chi connectivity index (χ2v) is 3.40. The Morgan fingerprint density at radius 3 is 2.64 bits per heavy atom. The van der Waals surface area contributed by atoms with Crippen molar-refractivity contribution in [2.75, 3.05) is 19.7 Å². The Kier molecular flexibility index (Phi) is 8.57. The number of nitrogens with one attached hydrogen (secondary N) is 2. The van der Waals surface area contributed by atoms with E-state index in [1.54, 1.807) is 0 Å². The molecule has 0 fully saturated rings. The summed E-state index contributed by atoms with van der Waals surface area (Å²) < 4.78 is 0. The van der Waals surface area contributed by atoms with Gasteiger partial charge in [0.1, 0.15) is 0 Å². The Morgan fingerprint density at radius 1 is 1.36 bits per heavy atom. The Bertz CT molecular complexity index is 151. The van der Waals surface area contributed by atoms with Gasteiger partial charge >= 0.3 is 0 Å². The van der Waals surface area contributed by atoms with Gasteiger partial charge in [-0.3, -0.25) is 4.79 Å². The predicted molar refractivity (Wildman–Crippen MR) is 57.1 cm³/mol. The molecular weight excluding hydrogens is 180 g/mol. The molecule has 0 rings (SSSR count). The molecule has 1 atom stereocenters. The van der Waals surface area contributed by atoms with E-state index in [4.69, 9.17) is 5.11 Å². The highest BCUT2D eigenvalue weighted by Gasteiger charge is 2.09. The Hall–Kier alpha value is -0.610. The smallest absolute Gasteiger partial charge is 0.236 e. The van der Waals surface area contributed by atoms with Crippen LogP contribution in [0.15, 0.2) is 0 Å². The van der Waals surface area contributed by atoms with Gasteiger partial charge in [-0.1, -0.05) is 13.3 Å².